The van der Waals surface area contributed by atoms with E-state index in [-0.39, 0.29) is 12.5 Å². The number of nitrogens with one attached hydrogen (secondary N) is 1. The monoisotopic (exact) mass is 452 g/mol. The number of hydrogen-bond donors (Lipinski definition) is 1. The molecule has 0 aromatic heterocycles. The highest BCUT2D eigenvalue weighted by atomic mass is 16.6. The Morgan fingerprint density at radius 2 is 1.61 bits per heavy atom. The van der Waals surface area contributed by atoms with Gasteiger partial charge >= 0.3 is 12.1 Å². The molecule has 2 aromatic carbocycles. The molecule has 1 saturated heterocycles. The first-order valence-corrected chi connectivity index (χ1v) is 11.3. The quantitative estimate of drug-likeness (QED) is 0.645. The molecule has 0 aliphatic carbocycles. The second kappa shape index (κ2) is 11.0. The van der Waals surface area contributed by atoms with Crippen LogP contribution in [-0.4, -0.2) is 47.1 Å². The lowest BCUT2D eigenvalue weighted by molar-refractivity contribution is -0.149. The van der Waals surface area contributed by atoms with Crippen LogP contribution in [-0.2, 0) is 32.1 Å². The van der Waals surface area contributed by atoms with Gasteiger partial charge in [0.25, 0.3) is 0 Å². The SMILES string of the molecule is CC(C)(C)OC(=O)N1CCC[C@@H]1C(=O)N[C@H](Cc1ccccc1)C(=O)OCc1ccccc1. The zero-order valence-corrected chi connectivity index (χ0v) is 19.5. The molecule has 2 amide bonds. The van der Waals surface area contributed by atoms with E-state index >= 15 is 0 Å². The summed E-state index contributed by atoms with van der Waals surface area (Å²) in [4.78, 5) is 40.1. The fraction of sp³-hybridized carbons (Fsp3) is 0.423. The van der Waals surface area contributed by atoms with Crippen molar-refractivity contribution >= 4 is 18.0 Å². The van der Waals surface area contributed by atoms with Crippen LogP contribution in [0, 0.1) is 0 Å². The van der Waals surface area contributed by atoms with E-state index in [4.69, 9.17) is 9.47 Å². The molecule has 0 spiro atoms. The number of amides is 2. The van der Waals surface area contributed by atoms with Crippen LogP contribution < -0.4 is 5.32 Å². The van der Waals surface area contributed by atoms with Crippen molar-refractivity contribution in [3.8, 4) is 0 Å². The second-order valence-corrected chi connectivity index (χ2v) is 9.18. The zero-order valence-electron chi connectivity index (χ0n) is 19.5. The van der Waals surface area contributed by atoms with Gasteiger partial charge < -0.3 is 14.8 Å². The first-order chi connectivity index (χ1) is 15.7. The van der Waals surface area contributed by atoms with E-state index in [1.54, 1.807) is 20.8 Å². The third-order valence-corrected chi connectivity index (χ3v) is 5.29. The molecular weight excluding hydrogens is 420 g/mol. The highest BCUT2D eigenvalue weighted by Gasteiger charge is 2.38. The van der Waals surface area contributed by atoms with Gasteiger partial charge in [-0.05, 0) is 44.7 Å². The first kappa shape index (κ1) is 24.3. The minimum Gasteiger partial charge on any atom is -0.459 e. The summed E-state index contributed by atoms with van der Waals surface area (Å²) in [5.41, 5.74) is 1.11. The molecular formula is C26H32N2O5. The van der Waals surface area contributed by atoms with Gasteiger partial charge in [-0.25, -0.2) is 9.59 Å². The molecule has 0 radical (unpaired) electrons. The standard InChI is InChI=1S/C26H32N2O5/c1-26(2,3)33-25(31)28-16-10-15-22(28)23(29)27-21(17-19-11-6-4-7-12-19)24(30)32-18-20-13-8-5-9-14-20/h4-9,11-14,21-22H,10,15-18H2,1-3H3,(H,27,29)/t21-,22-/m1/s1. The highest BCUT2D eigenvalue weighted by molar-refractivity contribution is 5.90. The van der Waals surface area contributed by atoms with Gasteiger partial charge in [0.15, 0.2) is 0 Å². The van der Waals surface area contributed by atoms with E-state index in [9.17, 15) is 14.4 Å². The van der Waals surface area contributed by atoms with Crippen LogP contribution in [0.2, 0.25) is 0 Å². The van der Waals surface area contributed by atoms with Gasteiger partial charge in [0.1, 0.15) is 24.3 Å². The van der Waals surface area contributed by atoms with Crippen molar-refractivity contribution < 1.29 is 23.9 Å². The van der Waals surface area contributed by atoms with Crippen LogP contribution in [0.25, 0.3) is 0 Å². The molecule has 1 aliphatic heterocycles. The van der Waals surface area contributed by atoms with Gasteiger partial charge in [0, 0.05) is 13.0 Å². The van der Waals surface area contributed by atoms with Gasteiger partial charge in [-0.15, -0.1) is 0 Å². The summed E-state index contributed by atoms with van der Waals surface area (Å²) < 4.78 is 11.0. The highest BCUT2D eigenvalue weighted by Crippen LogP contribution is 2.21. The van der Waals surface area contributed by atoms with Gasteiger partial charge in [-0.2, -0.15) is 0 Å². The maximum absolute atomic E-state index is 13.1. The molecule has 7 heteroatoms. The second-order valence-electron chi connectivity index (χ2n) is 9.18. The molecule has 0 bridgehead atoms. The van der Waals surface area contributed by atoms with Crippen molar-refractivity contribution in [2.24, 2.45) is 0 Å². The fourth-order valence-electron chi connectivity index (χ4n) is 3.72. The number of carbonyl (C=O) groups excluding carboxylic acids is 3. The van der Waals surface area contributed by atoms with E-state index in [0.717, 1.165) is 11.1 Å². The van der Waals surface area contributed by atoms with Gasteiger partial charge in [-0.3, -0.25) is 9.69 Å². The Kier molecular flexibility index (Phi) is 8.09. The number of rotatable bonds is 7. The fourth-order valence-corrected chi connectivity index (χ4v) is 3.72. The van der Waals surface area contributed by atoms with E-state index in [2.05, 4.69) is 5.32 Å². The lowest BCUT2D eigenvalue weighted by atomic mass is 10.1. The molecule has 0 saturated carbocycles. The lowest BCUT2D eigenvalue weighted by Gasteiger charge is -2.29. The molecule has 33 heavy (non-hydrogen) atoms. The minimum absolute atomic E-state index is 0.119. The van der Waals surface area contributed by atoms with Crippen molar-refractivity contribution in [1.82, 2.24) is 10.2 Å². The molecule has 1 aliphatic rings. The Hall–Kier alpha value is -3.35. The first-order valence-electron chi connectivity index (χ1n) is 11.3. The molecule has 1 fully saturated rings. The van der Waals surface area contributed by atoms with Crippen LogP contribution in [0.3, 0.4) is 0 Å². The molecule has 7 nitrogen and oxygen atoms in total. The molecule has 1 N–H and O–H groups in total. The lowest BCUT2D eigenvalue weighted by Crippen LogP contribution is -2.52. The number of ether oxygens (including phenoxy) is 2. The van der Waals surface area contributed by atoms with Crippen LogP contribution in [0.4, 0.5) is 4.79 Å². The molecule has 0 unspecified atom stereocenters. The summed E-state index contributed by atoms with van der Waals surface area (Å²) in [7, 11) is 0. The number of hydrogen-bond acceptors (Lipinski definition) is 5. The summed E-state index contributed by atoms with van der Waals surface area (Å²) >= 11 is 0. The van der Waals surface area contributed by atoms with Crippen molar-refractivity contribution in [1.29, 1.82) is 0 Å². The van der Waals surface area contributed by atoms with E-state index in [1.807, 2.05) is 60.7 Å². The number of esters is 1. The summed E-state index contributed by atoms with van der Waals surface area (Å²) in [6, 6.07) is 17.3. The number of benzene rings is 2. The predicted octanol–water partition coefficient (Wildman–Crippen LogP) is 3.86. The van der Waals surface area contributed by atoms with Crippen LogP contribution in [0.15, 0.2) is 60.7 Å². The van der Waals surface area contributed by atoms with E-state index in [0.29, 0.717) is 25.8 Å². The van der Waals surface area contributed by atoms with Gasteiger partial charge in [-0.1, -0.05) is 60.7 Å². The number of likely N-dealkylation sites (tertiary alicyclic amines) is 1. The third kappa shape index (κ3) is 7.34. The normalized spacial score (nSPS) is 16.7. The van der Waals surface area contributed by atoms with Gasteiger partial charge in [0.05, 0.1) is 0 Å². The average molecular weight is 453 g/mol. The number of carbonyl (C=O) groups is 3. The predicted molar refractivity (Wildman–Crippen MR) is 124 cm³/mol. The van der Waals surface area contributed by atoms with Crippen molar-refractivity contribution in [3.63, 3.8) is 0 Å². The molecule has 176 valence electrons. The number of nitrogens with zero attached hydrogens (tertiary/aromatic N) is 1. The molecule has 2 atom stereocenters. The summed E-state index contributed by atoms with van der Waals surface area (Å²) in [6.45, 7) is 5.92. The topological polar surface area (TPSA) is 84.9 Å². The van der Waals surface area contributed by atoms with Crippen LogP contribution >= 0.6 is 0 Å². The minimum atomic E-state index is -0.871. The summed E-state index contributed by atoms with van der Waals surface area (Å²) in [6.07, 6.45) is 0.979. The Morgan fingerprint density at radius 1 is 1.00 bits per heavy atom. The van der Waals surface area contributed by atoms with Crippen molar-refractivity contribution in [2.75, 3.05) is 6.54 Å². The zero-order chi connectivity index (χ0) is 23.8. The molecule has 2 aromatic rings. The van der Waals surface area contributed by atoms with Gasteiger partial charge in [0.2, 0.25) is 5.91 Å². The largest absolute Gasteiger partial charge is 0.459 e. The van der Waals surface area contributed by atoms with Crippen molar-refractivity contribution in [3.05, 3.63) is 71.8 Å². The smallest absolute Gasteiger partial charge is 0.410 e. The Labute approximate surface area is 195 Å². The Balaban J connectivity index is 1.69. The van der Waals surface area contributed by atoms with E-state index in [1.165, 1.54) is 4.90 Å². The Bertz CT molecular complexity index is 940. The maximum Gasteiger partial charge on any atom is 0.410 e. The molecule has 1 heterocycles. The van der Waals surface area contributed by atoms with Crippen LogP contribution in [0.5, 0.6) is 0 Å². The van der Waals surface area contributed by atoms with E-state index < -0.39 is 29.7 Å². The van der Waals surface area contributed by atoms with Crippen LogP contribution in [0.1, 0.15) is 44.7 Å². The summed E-state index contributed by atoms with van der Waals surface area (Å²) in [5.74, 6) is -0.895. The Morgan fingerprint density at radius 3 is 2.21 bits per heavy atom. The van der Waals surface area contributed by atoms with Crippen molar-refractivity contribution in [2.45, 2.75) is 64.3 Å². The maximum atomic E-state index is 13.1. The third-order valence-electron chi connectivity index (χ3n) is 5.29. The summed E-state index contributed by atoms with van der Waals surface area (Å²) in [5, 5.41) is 2.83. The molecule has 3 rings (SSSR count). The average Bonchev–Trinajstić information content (AvgIpc) is 3.28.